The Morgan fingerprint density at radius 2 is 2.00 bits per heavy atom. The van der Waals surface area contributed by atoms with E-state index in [0.29, 0.717) is 10.6 Å². The lowest BCUT2D eigenvalue weighted by molar-refractivity contribution is 1.21. The van der Waals surface area contributed by atoms with Gasteiger partial charge in [0.25, 0.3) is 0 Å². The Kier molecular flexibility index (Phi) is 3.90. The lowest BCUT2D eigenvalue weighted by Gasteiger charge is -2.10. The average molecular weight is 309 g/mol. The standard InChI is InChI=1S/C17H13ClN4/c1-2-20-15-9-11(3-4-12(15)10-19)16-17-13(5-7-21-16)14(18)6-8-22-17/h3-9,20H,2H2,1H3. The van der Waals surface area contributed by atoms with Crippen LogP contribution < -0.4 is 5.32 Å². The Morgan fingerprint density at radius 3 is 2.77 bits per heavy atom. The summed E-state index contributed by atoms with van der Waals surface area (Å²) in [6.45, 7) is 2.73. The van der Waals surface area contributed by atoms with Crippen LogP contribution in [0.4, 0.5) is 5.69 Å². The van der Waals surface area contributed by atoms with E-state index >= 15 is 0 Å². The van der Waals surface area contributed by atoms with Gasteiger partial charge >= 0.3 is 0 Å². The molecule has 0 bridgehead atoms. The first-order valence-electron chi connectivity index (χ1n) is 6.92. The first-order chi connectivity index (χ1) is 10.7. The third-order valence-electron chi connectivity index (χ3n) is 3.39. The average Bonchev–Trinajstić information content (AvgIpc) is 2.55. The smallest absolute Gasteiger partial charge is 0.101 e. The van der Waals surface area contributed by atoms with E-state index in [1.165, 1.54) is 0 Å². The second-order valence-electron chi connectivity index (χ2n) is 4.75. The zero-order valence-electron chi connectivity index (χ0n) is 12.0. The van der Waals surface area contributed by atoms with Crippen LogP contribution in [0.3, 0.4) is 0 Å². The summed E-state index contributed by atoms with van der Waals surface area (Å²) in [5, 5.41) is 13.9. The van der Waals surface area contributed by atoms with Crippen molar-refractivity contribution in [3.05, 3.63) is 53.3 Å². The molecule has 0 aliphatic heterocycles. The Morgan fingerprint density at radius 1 is 1.18 bits per heavy atom. The molecular formula is C17H13ClN4. The summed E-state index contributed by atoms with van der Waals surface area (Å²) in [6.07, 6.45) is 3.39. The molecule has 0 aliphatic rings. The van der Waals surface area contributed by atoms with Gasteiger partial charge in [-0.25, -0.2) is 0 Å². The maximum absolute atomic E-state index is 9.18. The molecule has 22 heavy (non-hydrogen) atoms. The lowest BCUT2D eigenvalue weighted by atomic mass is 10.0. The van der Waals surface area contributed by atoms with Crippen LogP contribution in [0.15, 0.2) is 42.7 Å². The third kappa shape index (κ3) is 2.47. The molecule has 0 saturated carbocycles. The van der Waals surface area contributed by atoms with Crippen molar-refractivity contribution in [3.8, 4) is 17.3 Å². The predicted octanol–water partition coefficient (Wildman–Crippen LogP) is 4.25. The molecule has 3 aromatic rings. The number of nitrogens with zero attached hydrogens (tertiary/aromatic N) is 3. The third-order valence-corrected chi connectivity index (χ3v) is 3.72. The van der Waals surface area contributed by atoms with Crippen LogP contribution in [0.1, 0.15) is 12.5 Å². The van der Waals surface area contributed by atoms with Gasteiger partial charge in [0.1, 0.15) is 6.07 Å². The summed E-state index contributed by atoms with van der Waals surface area (Å²) < 4.78 is 0. The molecule has 108 valence electrons. The highest BCUT2D eigenvalue weighted by Crippen LogP contribution is 2.31. The molecule has 0 amide bonds. The molecule has 0 atom stereocenters. The van der Waals surface area contributed by atoms with Crippen LogP contribution in [-0.4, -0.2) is 16.5 Å². The van der Waals surface area contributed by atoms with Crippen LogP contribution in [0.5, 0.6) is 0 Å². The number of rotatable bonds is 3. The SMILES string of the molecule is CCNc1cc(-c2nccc3c(Cl)ccnc23)ccc1C#N. The maximum Gasteiger partial charge on any atom is 0.101 e. The molecule has 0 radical (unpaired) electrons. The molecule has 2 heterocycles. The molecule has 2 aromatic heterocycles. The van der Waals surface area contributed by atoms with Gasteiger partial charge in [0, 0.05) is 29.9 Å². The first kappa shape index (κ1) is 14.3. The molecule has 1 N–H and O–H groups in total. The number of aromatic nitrogens is 2. The molecule has 0 aliphatic carbocycles. The second kappa shape index (κ2) is 6.00. The molecule has 5 heteroatoms. The van der Waals surface area contributed by atoms with Gasteiger partial charge in [-0.05, 0) is 31.2 Å². The van der Waals surface area contributed by atoms with E-state index in [9.17, 15) is 5.26 Å². The molecule has 0 saturated heterocycles. The molecule has 4 nitrogen and oxygen atoms in total. The number of fused-ring (bicyclic) bond motifs is 1. The van der Waals surface area contributed by atoms with Crippen molar-refractivity contribution in [2.75, 3.05) is 11.9 Å². The molecular weight excluding hydrogens is 296 g/mol. The molecule has 0 fully saturated rings. The van der Waals surface area contributed by atoms with Gasteiger partial charge in [0.05, 0.1) is 27.5 Å². The highest BCUT2D eigenvalue weighted by atomic mass is 35.5. The second-order valence-corrected chi connectivity index (χ2v) is 5.16. The van der Waals surface area contributed by atoms with Crippen molar-refractivity contribution < 1.29 is 0 Å². The van der Waals surface area contributed by atoms with Crippen LogP contribution in [0.2, 0.25) is 5.02 Å². The number of anilines is 1. The summed E-state index contributed by atoms with van der Waals surface area (Å²) in [4.78, 5) is 8.85. The molecule has 0 unspecified atom stereocenters. The van der Waals surface area contributed by atoms with Crippen LogP contribution >= 0.6 is 11.6 Å². The van der Waals surface area contributed by atoms with Gasteiger partial charge in [-0.3, -0.25) is 9.97 Å². The van der Waals surface area contributed by atoms with Crippen molar-refractivity contribution in [2.24, 2.45) is 0 Å². The van der Waals surface area contributed by atoms with E-state index in [0.717, 1.165) is 34.4 Å². The summed E-state index contributed by atoms with van der Waals surface area (Å²) >= 11 is 6.22. The number of nitrogens with one attached hydrogen (secondary N) is 1. The number of benzene rings is 1. The van der Waals surface area contributed by atoms with Crippen molar-refractivity contribution in [1.29, 1.82) is 5.26 Å². The van der Waals surface area contributed by atoms with E-state index in [1.807, 2.05) is 25.1 Å². The van der Waals surface area contributed by atoms with Crippen molar-refractivity contribution in [3.63, 3.8) is 0 Å². The largest absolute Gasteiger partial charge is 0.384 e. The topological polar surface area (TPSA) is 61.6 Å². The fourth-order valence-corrected chi connectivity index (χ4v) is 2.59. The number of halogens is 1. The monoisotopic (exact) mass is 308 g/mol. The zero-order chi connectivity index (χ0) is 15.5. The maximum atomic E-state index is 9.18. The Balaban J connectivity index is 2.22. The Labute approximate surface area is 133 Å². The summed E-state index contributed by atoms with van der Waals surface area (Å²) in [6, 6.07) is 11.4. The van der Waals surface area contributed by atoms with Crippen molar-refractivity contribution in [1.82, 2.24) is 9.97 Å². The summed E-state index contributed by atoms with van der Waals surface area (Å²) in [7, 11) is 0. The number of nitriles is 1. The van der Waals surface area contributed by atoms with Gasteiger partial charge in [-0.1, -0.05) is 17.7 Å². The van der Waals surface area contributed by atoms with Gasteiger partial charge in [-0.2, -0.15) is 5.26 Å². The predicted molar refractivity (Wildman–Crippen MR) is 88.9 cm³/mol. The number of hydrogen-bond donors (Lipinski definition) is 1. The minimum Gasteiger partial charge on any atom is -0.384 e. The molecule has 1 aromatic carbocycles. The number of hydrogen-bond acceptors (Lipinski definition) is 4. The lowest BCUT2D eigenvalue weighted by Crippen LogP contribution is -2.00. The Bertz CT molecular complexity index is 883. The van der Waals surface area contributed by atoms with Gasteiger partial charge in [0.2, 0.25) is 0 Å². The van der Waals surface area contributed by atoms with E-state index in [2.05, 4.69) is 21.4 Å². The summed E-state index contributed by atoms with van der Waals surface area (Å²) in [5.74, 6) is 0. The van der Waals surface area contributed by atoms with Crippen LogP contribution in [0.25, 0.3) is 22.2 Å². The van der Waals surface area contributed by atoms with Gasteiger partial charge in [0.15, 0.2) is 0 Å². The van der Waals surface area contributed by atoms with Crippen LogP contribution in [-0.2, 0) is 0 Å². The normalized spacial score (nSPS) is 10.4. The molecule has 3 rings (SSSR count). The number of pyridine rings is 2. The highest BCUT2D eigenvalue weighted by molar-refractivity contribution is 6.35. The van der Waals surface area contributed by atoms with Crippen molar-refractivity contribution >= 4 is 28.2 Å². The first-order valence-corrected chi connectivity index (χ1v) is 7.30. The van der Waals surface area contributed by atoms with Gasteiger partial charge < -0.3 is 5.32 Å². The summed E-state index contributed by atoms with van der Waals surface area (Å²) in [5.41, 5.74) is 3.81. The van der Waals surface area contributed by atoms with Gasteiger partial charge in [-0.15, -0.1) is 0 Å². The fraction of sp³-hybridized carbons (Fsp3) is 0.118. The van der Waals surface area contributed by atoms with Crippen LogP contribution in [0, 0.1) is 11.3 Å². The van der Waals surface area contributed by atoms with E-state index < -0.39 is 0 Å². The van der Waals surface area contributed by atoms with E-state index in [4.69, 9.17) is 11.6 Å². The highest BCUT2D eigenvalue weighted by Gasteiger charge is 2.11. The zero-order valence-corrected chi connectivity index (χ0v) is 12.7. The fourth-order valence-electron chi connectivity index (χ4n) is 2.38. The van der Waals surface area contributed by atoms with E-state index in [1.54, 1.807) is 24.5 Å². The van der Waals surface area contributed by atoms with E-state index in [-0.39, 0.29) is 0 Å². The molecule has 0 spiro atoms. The quantitative estimate of drug-likeness (QED) is 0.785. The van der Waals surface area contributed by atoms with Crippen molar-refractivity contribution in [2.45, 2.75) is 6.92 Å². The Hall–Kier alpha value is -2.64. The minimum atomic E-state index is 0.608. The minimum absolute atomic E-state index is 0.608.